The third kappa shape index (κ3) is 7.03. The van der Waals surface area contributed by atoms with E-state index in [0.29, 0.717) is 6.04 Å². The summed E-state index contributed by atoms with van der Waals surface area (Å²) in [5.74, 6) is 0. The van der Waals surface area contributed by atoms with E-state index in [1.807, 2.05) is 6.92 Å². The van der Waals surface area contributed by atoms with Gasteiger partial charge in [0.1, 0.15) is 0 Å². The number of hydrogen-bond acceptors (Lipinski definition) is 2. The molecule has 2 nitrogen and oxygen atoms in total. The maximum atomic E-state index is 9.28. The molecule has 0 spiro atoms. The lowest BCUT2D eigenvalue weighted by Gasteiger charge is -2.28. The minimum Gasteiger partial charge on any atom is -0.393 e. The lowest BCUT2D eigenvalue weighted by Crippen LogP contribution is -2.36. The summed E-state index contributed by atoms with van der Waals surface area (Å²) in [4.78, 5) is 0. The molecule has 0 heterocycles. The fourth-order valence-corrected chi connectivity index (χ4v) is 1.47. The predicted octanol–water partition coefficient (Wildman–Crippen LogP) is 2.17. The van der Waals surface area contributed by atoms with Crippen molar-refractivity contribution in [1.29, 1.82) is 0 Å². The van der Waals surface area contributed by atoms with Crippen LogP contribution < -0.4 is 5.32 Å². The summed E-state index contributed by atoms with van der Waals surface area (Å²) in [6.07, 6.45) is 1.81. The summed E-state index contributed by atoms with van der Waals surface area (Å²) < 4.78 is 0. The van der Waals surface area contributed by atoms with E-state index in [4.69, 9.17) is 0 Å². The van der Waals surface area contributed by atoms with Crippen molar-refractivity contribution in [2.75, 3.05) is 6.54 Å². The van der Waals surface area contributed by atoms with E-state index in [-0.39, 0.29) is 11.5 Å². The first-order chi connectivity index (χ1) is 5.87. The van der Waals surface area contributed by atoms with Gasteiger partial charge in [-0.15, -0.1) is 0 Å². The fraction of sp³-hybridized carbons (Fsp3) is 1.00. The van der Waals surface area contributed by atoms with Crippen molar-refractivity contribution in [3.05, 3.63) is 0 Å². The summed E-state index contributed by atoms with van der Waals surface area (Å²) in [6, 6.07) is 0.577. The van der Waals surface area contributed by atoms with Crippen LogP contribution in [-0.2, 0) is 0 Å². The number of aliphatic hydroxyl groups excluding tert-OH is 1. The molecule has 2 unspecified atom stereocenters. The van der Waals surface area contributed by atoms with Gasteiger partial charge in [0, 0.05) is 12.6 Å². The van der Waals surface area contributed by atoms with E-state index in [1.165, 1.54) is 0 Å². The number of nitrogens with one attached hydrogen (secondary N) is 1. The van der Waals surface area contributed by atoms with Gasteiger partial charge in [0.25, 0.3) is 0 Å². The normalized spacial score (nSPS) is 17.1. The van der Waals surface area contributed by atoms with Crippen LogP contribution in [0.3, 0.4) is 0 Å². The standard InChI is InChI=1S/C11H25NO/c1-6-9(2)12-8-11(4,5)7-10(3)13/h9-10,12-13H,6-8H2,1-5H3. The largest absolute Gasteiger partial charge is 0.393 e. The lowest BCUT2D eigenvalue weighted by molar-refractivity contribution is 0.126. The Morgan fingerprint density at radius 1 is 1.31 bits per heavy atom. The predicted molar refractivity (Wildman–Crippen MR) is 57.8 cm³/mol. The minimum absolute atomic E-state index is 0.192. The first-order valence-electron chi connectivity index (χ1n) is 5.29. The van der Waals surface area contributed by atoms with E-state index < -0.39 is 0 Å². The number of aliphatic hydroxyl groups is 1. The molecule has 0 aliphatic carbocycles. The van der Waals surface area contributed by atoms with Crippen LogP contribution >= 0.6 is 0 Å². The Morgan fingerprint density at radius 2 is 1.85 bits per heavy atom. The molecule has 2 heteroatoms. The molecule has 0 saturated heterocycles. The van der Waals surface area contributed by atoms with Gasteiger partial charge in [-0.25, -0.2) is 0 Å². The molecule has 0 saturated carbocycles. The van der Waals surface area contributed by atoms with E-state index in [9.17, 15) is 5.11 Å². The molecular formula is C11H25NO. The second kappa shape index (κ2) is 5.61. The molecule has 0 aromatic rings. The van der Waals surface area contributed by atoms with Gasteiger partial charge in [-0.3, -0.25) is 0 Å². The third-order valence-electron chi connectivity index (χ3n) is 2.39. The Bertz CT molecular complexity index is 132. The summed E-state index contributed by atoms with van der Waals surface area (Å²) in [6.45, 7) is 11.6. The van der Waals surface area contributed by atoms with Gasteiger partial charge in [0.15, 0.2) is 0 Å². The highest BCUT2D eigenvalue weighted by atomic mass is 16.3. The first kappa shape index (κ1) is 12.9. The summed E-state index contributed by atoms with van der Waals surface area (Å²) in [7, 11) is 0. The van der Waals surface area contributed by atoms with Crippen LogP contribution in [-0.4, -0.2) is 23.8 Å². The van der Waals surface area contributed by atoms with Crippen LogP contribution in [0.1, 0.15) is 47.5 Å². The smallest absolute Gasteiger partial charge is 0.0517 e. The molecule has 80 valence electrons. The van der Waals surface area contributed by atoms with Gasteiger partial charge >= 0.3 is 0 Å². The van der Waals surface area contributed by atoms with Gasteiger partial charge < -0.3 is 10.4 Å². The van der Waals surface area contributed by atoms with E-state index in [1.54, 1.807) is 0 Å². The van der Waals surface area contributed by atoms with E-state index >= 15 is 0 Å². The molecule has 2 atom stereocenters. The maximum absolute atomic E-state index is 9.28. The number of hydrogen-bond donors (Lipinski definition) is 2. The molecule has 13 heavy (non-hydrogen) atoms. The second-order valence-electron chi connectivity index (χ2n) is 4.91. The highest BCUT2D eigenvalue weighted by molar-refractivity contribution is 4.75. The van der Waals surface area contributed by atoms with Crippen LogP contribution in [0.2, 0.25) is 0 Å². The SMILES string of the molecule is CCC(C)NCC(C)(C)CC(C)O. The summed E-state index contributed by atoms with van der Waals surface area (Å²) >= 11 is 0. The van der Waals surface area contributed by atoms with Crippen molar-refractivity contribution in [3.63, 3.8) is 0 Å². The zero-order valence-corrected chi connectivity index (χ0v) is 9.72. The second-order valence-corrected chi connectivity index (χ2v) is 4.91. The molecule has 0 aliphatic heterocycles. The van der Waals surface area contributed by atoms with Gasteiger partial charge in [-0.05, 0) is 32.1 Å². The first-order valence-corrected chi connectivity index (χ1v) is 5.29. The highest BCUT2D eigenvalue weighted by Crippen LogP contribution is 2.21. The van der Waals surface area contributed by atoms with Crippen LogP contribution in [0.4, 0.5) is 0 Å². The van der Waals surface area contributed by atoms with Crippen molar-refractivity contribution in [2.45, 2.75) is 59.6 Å². The van der Waals surface area contributed by atoms with E-state index in [2.05, 4.69) is 33.0 Å². The van der Waals surface area contributed by atoms with Gasteiger partial charge in [-0.1, -0.05) is 20.8 Å². The van der Waals surface area contributed by atoms with Crippen molar-refractivity contribution in [1.82, 2.24) is 5.32 Å². The zero-order chi connectivity index (χ0) is 10.5. The van der Waals surface area contributed by atoms with Crippen LogP contribution in [0.25, 0.3) is 0 Å². The van der Waals surface area contributed by atoms with Crippen LogP contribution in [0.15, 0.2) is 0 Å². The molecule has 0 aromatic heterocycles. The Morgan fingerprint density at radius 3 is 2.23 bits per heavy atom. The molecule has 0 aliphatic rings. The van der Waals surface area contributed by atoms with Crippen molar-refractivity contribution < 1.29 is 5.11 Å². The summed E-state index contributed by atoms with van der Waals surface area (Å²) in [5, 5.41) is 12.7. The Balaban J connectivity index is 3.74. The molecular weight excluding hydrogens is 162 g/mol. The van der Waals surface area contributed by atoms with Crippen molar-refractivity contribution in [3.8, 4) is 0 Å². The Kier molecular flexibility index (Phi) is 5.57. The molecule has 0 bridgehead atoms. The topological polar surface area (TPSA) is 32.3 Å². The molecule has 0 radical (unpaired) electrons. The molecule has 0 fully saturated rings. The maximum Gasteiger partial charge on any atom is 0.0517 e. The molecule has 2 N–H and O–H groups in total. The van der Waals surface area contributed by atoms with Gasteiger partial charge in [0.2, 0.25) is 0 Å². The van der Waals surface area contributed by atoms with Crippen molar-refractivity contribution in [2.24, 2.45) is 5.41 Å². The van der Waals surface area contributed by atoms with E-state index in [0.717, 1.165) is 19.4 Å². The Labute approximate surface area is 82.7 Å². The fourth-order valence-electron chi connectivity index (χ4n) is 1.47. The van der Waals surface area contributed by atoms with Crippen molar-refractivity contribution >= 4 is 0 Å². The summed E-state index contributed by atoms with van der Waals surface area (Å²) in [5.41, 5.74) is 0.192. The molecule has 0 aromatic carbocycles. The lowest BCUT2D eigenvalue weighted by atomic mass is 9.87. The van der Waals surface area contributed by atoms with Gasteiger partial charge in [0.05, 0.1) is 6.10 Å². The third-order valence-corrected chi connectivity index (χ3v) is 2.39. The van der Waals surface area contributed by atoms with Crippen LogP contribution in [0.5, 0.6) is 0 Å². The number of rotatable bonds is 6. The molecule has 0 amide bonds. The minimum atomic E-state index is -0.200. The van der Waals surface area contributed by atoms with Gasteiger partial charge in [-0.2, -0.15) is 0 Å². The quantitative estimate of drug-likeness (QED) is 0.668. The highest BCUT2D eigenvalue weighted by Gasteiger charge is 2.20. The average molecular weight is 187 g/mol. The monoisotopic (exact) mass is 187 g/mol. The average Bonchev–Trinajstić information content (AvgIpc) is 1.98. The molecule has 0 rings (SSSR count). The van der Waals surface area contributed by atoms with Crippen LogP contribution in [0, 0.1) is 5.41 Å². The zero-order valence-electron chi connectivity index (χ0n) is 9.72. The Hall–Kier alpha value is -0.0800.